The molecule has 98 valence electrons. The highest BCUT2D eigenvalue weighted by molar-refractivity contribution is 7.98. The summed E-state index contributed by atoms with van der Waals surface area (Å²) in [4.78, 5) is 13.3. The fourth-order valence-electron chi connectivity index (χ4n) is 1.85. The SMILES string of the molecule is CSc1ccc(C(=O)NC(C)c2ccccc2)cc1. The molecular weight excluding hydrogens is 254 g/mol. The van der Waals surface area contributed by atoms with Crippen LogP contribution in [0.25, 0.3) is 0 Å². The first-order chi connectivity index (χ1) is 9.20. The fraction of sp³-hybridized carbons (Fsp3) is 0.188. The zero-order valence-corrected chi connectivity index (χ0v) is 11.9. The van der Waals surface area contributed by atoms with Gasteiger partial charge in [0.05, 0.1) is 6.04 Å². The molecule has 0 fully saturated rings. The van der Waals surface area contributed by atoms with Crippen LogP contribution in [0.1, 0.15) is 28.9 Å². The number of hydrogen-bond acceptors (Lipinski definition) is 2. The first-order valence-corrected chi connectivity index (χ1v) is 7.43. The average molecular weight is 271 g/mol. The van der Waals surface area contributed by atoms with Crippen molar-refractivity contribution in [3.63, 3.8) is 0 Å². The highest BCUT2D eigenvalue weighted by Gasteiger charge is 2.10. The van der Waals surface area contributed by atoms with Gasteiger partial charge in [0.15, 0.2) is 0 Å². The minimum absolute atomic E-state index is 0.00827. The van der Waals surface area contributed by atoms with Gasteiger partial charge in [-0.15, -0.1) is 11.8 Å². The Labute approximate surface area is 118 Å². The summed E-state index contributed by atoms with van der Waals surface area (Å²) in [5.41, 5.74) is 1.80. The lowest BCUT2D eigenvalue weighted by Gasteiger charge is -2.14. The van der Waals surface area contributed by atoms with Crippen molar-refractivity contribution >= 4 is 17.7 Å². The van der Waals surface area contributed by atoms with Crippen molar-refractivity contribution in [3.8, 4) is 0 Å². The maximum Gasteiger partial charge on any atom is 0.251 e. The lowest BCUT2D eigenvalue weighted by Crippen LogP contribution is -2.26. The number of hydrogen-bond donors (Lipinski definition) is 1. The van der Waals surface area contributed by atoms with Crippen molar-refractivity contribution in [1.82, 2.24) is 5.32 Å². The number of rotatable bonds is 4. The van der Waals surface area contributed by atoms with Gasteiger partial charge in [-0.25, -0.2) is 0 Å². The van der Waals surface area contributed by atoms with E-state index >= 15 is 0 Å². The van der Waals surface area contributed by atoms with E-state index in [0.717, 1.165) is 10.5 Å². The van der Waals surface area contributed by atoms with Gasteiger partial charge in [-0.3, -0.25) is 4.79 Å². The van der Waals surface area contributed by atoms with E-state index in [4.69, 9.17) is 0 Å². The van der Waals surface area contributed by atoms with Crippen molar-refractivity contribution in [2.75, 3.05) is 6.26 Å². The summed E-state index contributed by atoms with van der Waals surface area (Å²) in [5, 5.41) is 3.00. The summed E-state index contributed by atoms with van der Waals surface area (Å²) in [6.07, 6.45) is 2.02. The minimum Gasteiger partial charge on any atom is -0.346 e. The normalized spacial score (nSPS) is 11.9. The maximum atomic E-state index is 12.1. The molecule has 2 rings (SSSR count). The Kier molecular flexibility index (Phi) is 4.63. The Morgan fingerprint density at radius 3 is 2.26 bits per heavy atom. The van der Waals surface area contributed by atoms with Gasteiger partial charge in [0.25, 0.3) is 5.91 Å². The Hall–Kier alpha value is -1.74. The molecule has 3 heteroatoms. The molecule has 0 bridgehead atoms. The number of carbonyl (C=O) groups excluding carboxylic acids is 1. The summed E-state index contributed by atoms with van der Waals surface area (Å²) in [5.74, 6) is -0.0380. The van der Waals surface area contributed by atoms with Gasteiger partial charge < -0.3 is 5.32 Å². The van der Waals surface area contributed by atoms with Gasteiger partial charge in [0.2, 0.25) is 0 Å². The van der Waals surface area contributed by atoms with E-state index in [2.05, 4.69) is 5.32 Å². The summed E-state index contributed by atoms with van der Waals surface area (Å²) in [6, 6.07) is 17.6. The molecule has 0 aliphatic rings. The summed E-state index contributed by atoms with van der Waals surface area (Å²) >= 11 is 1.67. The van der Waals surface area contributed by atoms with Gasteiger partial charge in [-0.2, -0.15) is 0 Å². The van der Waals surface area contributed by atoms with Crippen LogP contribution >= 0.6 is 11.8 Å². The van der Waals surface area contributed by atoms with Gasteiger partial charge in [0.1, 0.15) is 0 Å². The van der Waals surface area contributed by atoms with Gasteiger partial charge in [-0.1, -0.05) is 30.3 Å². The van der Waals surface area contributed by atoms with Crippen molar-refractivity contribution < 1.29 is 4.79 Å². The Morgan fingerprint density at radius 2 is 1.68 bits per heavy atom. The zero-order chi connectivity index (χ0) is 13.7. The van der Waals surface area contributed by atoms with E-state index in [1.165, 1.54) is 0 Å². The van der Waals surface area contributed by atoms with E-state index in [-0.39, 0.29) is 11.9 Å². The molecule has 0 aliphatic heterocycles. The molecular formula is C16H17NOS. The molecule has 2 nitrogen and oxygen atoms in total. The molecule has 2 aromatic rings. The topological polar surface area (TPSA) is 29.1 Å². The lowest BCUT2D eigenvalue weighted by molar-refractivity contribution is 0.0940. The standard InChI is InChI=1S/C16H17NOS/c1-12(13-6-4-3-5-7-13)17-16(18)14-8-10-15(19-2)11-9-14/h3-12H,1-2H3,(H,17,18). The number of thioether (sulfide) groups is 1. The van der Waals surface area contributed by atoms with Crippen molar-refractivity contribution in [2.45, 2.75) is 17.9 Å². The maximum absolute atomic E-state index is 12.1. The summed E-state index contributed by atoms with van der Waals surface area (Å²) in [7, 11) is 0. The molecule has 0 aliphatic carbocycles. The predicted octanol–water partition coefficient (Wildman–Crippen LogP) is 3.90. The molecule has 19 heavy (non-hydrogen) atoms. The molecule has 0 heterocycles. The molecule has 0 radical (unpaired) electrons. The largest absolute Gasteiger partial charge is 0.346 e. The number of nitrogens with one attached hydrogen (secondary N) is 1. The lowest BCUT2D eigenvalue weighted by atomic mass is 10.1. The van der Waals surface area contributed by atoms with Crippen LogP contribution in [0.15, 0.2) is 59.5 Å². The molecule has 0 aromatic heterocycles. The fourth-order valence-corrected chi connectivity index (χ4v) is 2.26. The van der Waals surface area contributed by atoms with Crippen molar-refractivity contribution in [1.29, 1.82) is 0 Å². The van der Waals surface area contributed by atoms with Crippen LogP contribution in [0.3, 0.4) is 0 Å². The van der Waals surface area contributed by atoms with Crippen LogP contribution in [0.4, 0.5) is 0 Å². The van der Waals surface area contributed by atoms with Gasteiger partial charge >= 0.3 is 0 Å². The molecule has 1 atom stereocenters. The molecule has 1 N–H and O–H groups in total. The van der Waals surface area contributed by atoms with Crippen LogP contribution in [-0.4, -0.2) is 12.2 Å². The molecule has 2 aromatic carbocycles. The van der Waals surface area contributed by atoms with Crippen LogP contribution in [-0.2, 0) is 0 Å². The Balaban J connectivity index is 2.04. The van der Waals surface area contributed by atoms with E-state index in [9.17, 15) is 4.79 Å². The van der Waals surface area contributed by atoms with E-state index < -0.39 is 0 Å². The average Bonchev–Trinajstić information content (AvgIpc) is 2.48. The third-order valence-corrected chi connectivity index (χ3v) is 3.74. The molecule has 0 spiro atoms. The first kappa shape index (κ1) is 13.7. The number of carbonyl (C=O) groups is 1. The zero-order valence-electron chi connectivity index (χ0n) is 11.1. The van der Waals surface area contributed by atoms with Crippen LogP contribution in [0.5, 0.6) is 0 Å². The van der Waals surface area contributed by atoms with Crippen molar-refractivity contribution in [3.05, 3.63) is 65.7 Å². The van der Waals surface area contributed by atoms with E-state index in [1.807, 2.05) is 67.8 Å². The monoisotopic (exact) mass is 271 g/mol. The van der Waals surface area contributed by atoms with E-state index in [1.54, 1.807) is 11.8 Å². The summed E-state index contributed by atoms with van der Waals surface area (Å²) in [6.45, 7) is 1.99. The van der Waals surface area contributed by atoms with Gasteiger partial charge in [0, 0.05) is 10.5 Å². The Bertz CT molecular complexity index is 536. The van der Waals surface area contributed by atoms with E-state index in [0.29, 0.717) is 5.56 Å². The smallest absolute Gasteiger partial charge is 0.251 e. The molecule has 1 amide bonds. The number of benzene rings is 2. The predicted molar refractivity (Wildman–Crippen MR) is 80.5 cm³/mol. The molecule has 0 saturated heterocycles. The third kappa shape index (κ3) is 3.61. The quantitative estimate of drug-likeness (QED) is 0.854. The van der Waals surface area contributed by atoms with Gasteiger partial charge in [-0.05, 0) is 43.0 Å². The highest BCUT2D eigenvalue weighted by Crippen LogP contribution is 2.16. The first-order valence-electron chi connectivity index (χ1n) is 6.20. The second kappa shape index (κ2) is 6.43. The van der Waals surface area contributed by atoms with Crippen molar-refractivity contribution in [2.24, 2.45) is 0 Å². The molecule has 0 saturated carbocycles. The Morgan fingerprint density at radius 1 is 1.05 bits per heavy atom. The highest BCUT2D eigenvalue weighted by atomic mass is 32.2. The number of amides is 1. The minimum atomic E-state index is -0.0380. The second-order valence-electron chi connectivity index (χ2n) is 4.33. The summed E-state index contributed by atoms with van der Waals surface area (Å²) < 4.78 is 0. The third-order valence-electron chi connectivity index (χ3n) is 3.00. The second-order valence-corrected chi connectivity index (χ2v) is 5.21. The van der Waals surface area contributed by atoms with Crippen LogP contribution in [0.2, 0.25) is 0 Å². The van der Waals surface area contributed by atoms with Crippen LogP contribution < -0.4 is 5.32 Å². The molecule has 1 unspecified atom stereocenters. The van der Waals surface area contributed by atoms with Crippen LogP contribution in [0, 0.1) is 0 Å².